The van der Waals surface area contributed by atoms with Crippen LogP contribution in [-0.4, -0.2) is 11.2 Å². The maximum absolute atomic E-state index is 8.93. The van der Waals surface area contributed by atoms with E-state index >= 15 is 0 Å². The smallest absolute Gasteiger partial charge is 0.0521 e. The third-order valence-corrected chi connectivity index (χ3v) is 1.72. The van der Waals surface area contributed by atoms with Crippen LogP contribution in [0, 0.1) is 11.8 Å². The largest absolute Gasteiger partial charge is 0.393 e. The van der Waals surface area contributed by atoms with Crippen molar-refractivity contribution in [2.75, 3.05) is 0 Å². The van der Waals surface area contributed by atoms with Gasteiger partial charge in [-0.3, -0.25) is 0 Å². The zero-order chi connectivity index (χ0) is 9.23. The lowest BCUT2D eigenvalue weighted by Gasteiger charge is -1.96. The third-order valence-electron chi connectivity index (χ3n) is 1.72. The molecule has 0 saturated heterocycles. The zero-order valence-electron chi connectivity index (χ0n) is 8.27. The number of hydrogen-bond donors (Lipinski definition) is 1. The highest BCUT2D eigenvalue weighted by Gasteiger charge is 1.90. The summed E-state index contributed by atoms with van der Waals surface area (Å²) in [6.45, 7) is 4.00. The molecule has 0 radical (unpaired) electrons. The summed E-state index contributed by atoms with van der Waals surface area (Å²) in [4.78, 5) is 0. The lowest BCUT2D eigenvalue weighted by molar-refractivity contribution is 0.186. The van der Waals surface area contributed by atoms with Gasteiger partial charge in [-0.25, -0.2) is 0 Å². The average molecular weight is 168 g/mol. The predicted octanol–water partition coefficient (Wildman–Crippen LogP) is 2.73. The first-order valence-electron chi connectivity index (χ1n) is 4.91. The van der Waals surface area contributed by atoms with E-state index in [9.17, 15) is 0 Å². The van der Waals surface area contributed by atoms with Crippen molar-refractivity contribution >= 4 is 0 Å². The lowest BCUT2D eigenvalue weighted by atomic mass is 10.2. The number of aliphatic hydroxyl groups is 1. The number of hydrogen-bond acceptors (Lipinski definition) is 1. The summed E-state index contributed by atoms with van der Waals surface area (Å²) in [5.74, 6) is 6.18. The normalized spacial score (nSPS) is 11.9. The molecular formula is C11H20O. The Kier molecular flexibility index (Phi) is 8.27. The monoisotopic (exact) mass is 168 g/mol. The van der Waals surface area contributed by atoms with Gasteiger partial charge in [0.15, 0.2) is 0 Å². The van der Waals surface area contributed by atoms with E-state index in [-0.39, 0.29) is 6.10 Å². The van der Waals surface area contributed by atoms with Gasteiger partial charge in [-0.05, 0) is 19.8 Å². The summed E-state index contributed by atoms with van der Waals surface area (Å²) in [5, 5.41) is 8.93. The van der Waals surface area contributed by atoms with Gasteiger partial charge < -0.3 is 5.11 Å². The van der Waals surface area contributed by atoms with Gasteiger partial charge >= 0.3 is 0 Å². The molecule has 0 aliphatic carbocycles. The predicted molar refractivity (Wildman–Crippen MR) is 52.8 cm³/mol. The van der Waals surface area contributed by atoms with Gasteiger partial charge in [-0.2, -0.15) is 0 Å². The van der Waals surface area contributed by atoms with Crippen molar-refractivity contribution < 1.29 is 5.11 Å². The van der Waals surface area contributed by atoms with Crippen LogP contribution in [-0.2, 0) is 0 Å². The van der Waals surface area contributed by atoms with Gasteiger partial charge in [-0.15, -0.1) is 11.8 Å². The van der Waals surface area contributed by atoms with Crippen LogP contribution in [0.5, 0.6) is 0 Å². The van der Waals surface area contributed by atoms with Crippen molar-refractivity contribution in [3.8, 4) is 11.8 Å². The summed E-state index contributed by atoms with van der Waals surface area (Å²) in [5.41, 5.74) is 0. The van der Waals surface area contributed by atoms with E-state index in [2.05, 4.69) is 18.8 Å². The van der Waals surface area contributed by atoms with Crippen LogP contribution >= 0.6 is 0 Å². The molecule has 0 aromatic carbocycles. The molecule has 0 spiro atoms. The summed E-state index contributed by atoms with van der Waals surface area (Å²) < 4.78 is 0. The van der Waals surface area contributed by atoms with Gasteiger partial charge in [0.05, 0.1) is 6.10 Å². The van der Waals surface area contributed by atoms with Crippen LogP contribution < -0.4 is 0 Å². The van der Waals surface area contributed by atoms with Gasteiger partial charge in [0.2, 0.25) is 0 Å². The standard InChI is InChI=1S/C11H20O/c1-3-4-5-6-7-8-9-10-11(2)12/h11-12H,3-6,9-10H2,1-2H3. The van der Waals surface area contributed by atoms with Gasteiger partial charge in [-0.1, -0.05) is 19.8 Å². The molecule has 0 aliphatic rings. The van der Waals surface area contributed by atoms with E-state index in [1.807, 2.05) is 0 Å². The minimum atomic E-state index is -0.199. The van der Waals surface area contributed by atoms with Crippen molar-refractivity contribution in [2.24, 2.45) is 0 Å². The third kappa shape index (κ3) is 9.52. The molecule has 70 valence electrons. The Bertz CT molecular complexity index is 139. The molecule has 1 atom stereocenters. The van der Waals surface area contributed by atoms with Gasteiger partial charge in [0.1, 0.15) is 0 Å². The van der Waals surface area contributed by atoms with Gasteiger partial charge in [0.25, 0.3) is 0 Å². The summed E-state index contributed by atoms with van der Waals surface area (Å²) in [6.07, 6.45) is 6.23. The Morgan fingerprint density at radius 3 is 2.42 bits per heavy atom. The summed E-state index contributed by atoms with van der Waals surface area (Å²) in [7, 11) is 0. The Balaban J connectivity index is 3.12. The molecule has 1 nitrogen and oxygen atoms in total. The molecule has 0 aromatic rings. The molecule has 0 saturated carbocycles. The SMILES string of the molecule is CCCCCC#CCCC(C)O. The van der Waals surface area contributed by atoms with Crippen molar-refractivity contribution in [2.45, 2.75) is 58.5 Å². The zero-order valence-corrected chi connectivity index (χ0v) is 8.27. The van der Waals surface area contributed by atoms with Crippen LogP contribution in [0.2, 0.25) is 0 Å². The Labute approximate surface area is 76.2 Å². The first-order chi connectivity index (χ1) is 5.77. The molecule has 0 bridgehead atoms. The minimum Gasteiger partial charge on any atom is -0.393 e. The molecular weight excluding hydrogens is 148 g/mol. The second-order valence-corrected chi connectivity index (χ2v) is 3.20. The van der Waals surface area contributed by atoms with E-state index in [0.29, 0.717) is 0 Å². The van der Waals surface area contributed by atoms with Crippen LogP contribution in [0.4, 0.5) is 0 Å². The highest BCUT2D eigenvalue weighted by Crippen LogP contribution is 1.98. The molecule has 0 heterocycles. The molecule has 12 heavy (non-hydrogen) atoms. The minimum absolute atomic E-state index is 0.199. The van der Waals surface area contributed by atoms with E-state index in [1.54, 1.807) is 6.92 Å². The topological polar surface area (TPSA) is 20.2 Å². The molecule has 0 amide bonds. The average Bonchev–Trinajstić information content (AvgIpc) is 2.02. The van der Waals surface area contributed by atoms with Crippen molar-refractivity contribution in [1.29, 1.82) is 0 Å². The number of aliphatic hydroxyl groups excluding tert-OH is 1. The fourth-order valence-corrected chi connectivity index (χ4v) is 0.921. The first-order valence-corrected chi connectivity index (χ1v) is 4.91. The second-order valence-electron chi connectivity index (χ2n) is 3.20. The number of unbranched alkanes of at least 4 members (excludes halogenated alkanes) is 3. The highest BCUT2D eigenvalue weighted by atomic mass is 16.3. The van der Waals surface area contributed by atoms with E-state index < -0.39 is 0 Å². The van der Waals surface area contributed by atoms with Crippen molar-refractivity contribution in [3.05, 3.63) is 0 Å². The molecule has 0 rings (SSSR count). The first kappa shape index (κ1) is 11.5. The van der Waals surface area contributed by atoms with Crippen molar-refractivity contribution in [1.82, 2.24) is 0 Å². The van der Waals surface area contributed by atoms with Crippen molar-refractivity contribution in [3.63, 3.8) is 0 Å². The molecule has 0 aliphatic heterocycles. The lowest BCUT2D eigenvalue weighted by Crippen LogP contribution is -1.96. The number of rotatable bonds is 5. The highest BCUT2D eigenvalue weighted by molar-refractivity contribution is 4.98. The van der Waals surface area contributed by atoms with E-state index in [0.717, 1.165) is 19.3 Å². The summed E-state index contributed by atoms with van der Waals surface area (Å²) in [6, 6.07) is 0. The van der Waals surface area contributed by atoms with Gasteiger partial charge in [0, 0.05) is 12.8 Å². The molecule has 1 N–H and O–H groups in total. The molecule has 1 heteroatoms. The quantitative estimate of drug-likeness (QED) is 0.494. The van der Waals surface area contributed by atoms with Crippen LogP contribution in [0.1, 0.15) is 52.4 Å². The maximum Gasteiger partial charge on any atom is 0.0521 e. The van der Waals surface area contributed by atoms with Crippen LogP contribution in [0.25, 0.3) is 0 Å². The molecule has 0 fully saturated rings. The summed E-state index contributed by atoms with van der Waals surface area (Å²) >= 11 is 0. The van der Waals surface area contributed by atoms with Crippen LogP contribution in [0.3, 0.4) is 0 Å². The fraction of sp³-hybridized carbons (Fsp3) is 0.818. The Morgan fingerprint density at radius 2 is 1.83 bits per heavy atom. The Hall–Kier alpha value is -0.480. The Morgan fingerprint density at radius 1 is 1.17 bits per heavy atom. The van der Waals surface area contributed by atoms with E-state index in [4.69, 9.17) is 5.11 Å². The van der Waals surface area contributed by atoms with E-state index in [1.165, 1.54) is 19.3 Å². The second kappa shape index (κ2) is 8.62. The maximum atomic E-state index is 8.93. The molecule has 1 unspecified atom stereocenters. The van der Waals surface area contributed by atoms with Crippen LogP contribution in [0.15, 0.2) is 0 Å². The molecule has 0 aromatic heterocycles. The fourth-order valence-electron chi connectivity index (χ4n) is 0.921.